The molecule has 0 radical (unpaired) electrons. The van der Waals surface area contributed by atoms with Crippen LogP contribution in [0.2, 0.25) is 0 Å². The highest BCUT2D eigenvalue weighted by Gasteiger charge is 2.29. The highest BCUT2D eigenvalue weighted by atomic mass is 16.6. The second-order valence-corrected chi connectivity index (χ2v) is 8.68. The maximum absolute atomic E-state index is 12.2. The van der Waals surface area contributed by atoms with Crippen molar-refractivity contribution in [1.82, 2.24) is 0 Å². The van der Waals surface area contributed by atoms with Gasteiger partial charge in [0, 0.05) is 0 Å². The van der Waals surface area contributed by atoms with Gasteiger partial charge in [0.1, 0.15) is 5.75 Å². The minimum atomic E-state index is -0.507. The minimum Gasteiger partial charge on any atom is -0.494 e. The Morgan fingerprint density at radius 2 is 1.41 bits per heavy atom. The summed E-state index contributed by atoms with van der Waals surface area (Å²) in [6.45, 7) is 5.19. The first kappa shape index (κ1) is 24.2. The third-order valence-electron chi connectivity index (χ3n) is 5.96. The van der Waals surface area contributed by atoms with Crippen LogP contribution in [0.25, 0.3) is 11.1 Å². The second kappa shape index (κ2) is 13.1. The van der Waals surface area contributed by atoms with Crippen LogP contribution in [0.4, 0.5) is 0 Å². The number of hydrogen-bond donors (Lipinski definition) is 0. The van der Waals surface area contributed by atoms with E-state index in [4.69, 9.17) is 14.2 Å². The average Bonchev–Trinajstić information content (AvgIpc) is 2.81. The van der Waals surface area contributed by atoms with Crippen LogP contribution in [0.3, 0.4) is 0 Å². The van der Waals surface area contributed by atoms with Gasteiger partial charge in [-0.2, -0.15) is 0 Å². The first-order valence-electron chi connectivity index (χ1n) is 12.5. The molecular weight excluding hydrogens is 400 g/mol. The van der Waals surface area contributed by atoms with Gasteiger partial charge in [0.2, 0.25) is 0 Å². The zero-order valence-electron chi connectivity index (χ0n) is 19.7. The van der Waals surface area contributed by atoms with Gasteiger partial charge in [-0.1, -0.05) is 83.4 Å². The Hall–Kier alpha value is -2.49. The van der Waals surface area contributed by atoms with Gasteiger partial charge in [0.05, 0.1) is 6.61 Å². The molecule has 2 aromatic carbocycles. The van der Waals surface area contributed by atoms with Crippen molar-refractivity contribution in [2.24, 2.45) is 0 Å². The van der Waals surface area contributed by atoms with Crippen LogP contribution in [-0.4, -0.2) is 18.7 Å². The summed E-state index contributed by atoms with van der Waals surface area (Å²) in [6, 6.07) is 13.9. The van der Waals surface area contributed by atoms with Gasteiger partial charge in [-0.15, -0.1) is 0 Å². The molecule has 174 valence electrons. The molecule has 0 unspecified atom stereocenters. The van der Waals surface area contributed by atoms with Crippen LogP contribution < -0.4 is 14.2 Å². The maximum atomic E-state index is 12.2. The SMILES string of the molecule is CCCCCCCCOc1ccc(-c2ccc3c(c2)O[C@@H](CCCCCC)C(=O)O3)cc1. The number of hydrogen-bond acceptors (Lipinski definition) is 4. The van der Waals surface area contributed by atoms with Gasteiger partial charge in [-0.05, 0) is 54.7 Å². The molecule has 4 nitrogen and oxygen atoms in total. The number of ether oxygens (including phenoxy) is 3. The van der Waals surface area contributed by atoms with E-state index in [1.807, 2.05) is 30.3 Å². The van der Waals surface area contributed by atoms with Crippen molar-refractivity contribution < 1.29 is 19.0 Å². The molecule has 0 saturated heterocycles. The normalized spacial score (nSPS) is 15.1. The van der Waals surface area contributed by atoms with Gasteiger partial charge in [-0.25, -0.2) is 4.79 Å². The van der Waals surface area contributed by atoms with Crippen LogP contribution in [-0.2, 0) is 4.79 Å². The van der Waals surface area contributed by atoms with E-state index in [0.717, 1.165) is 42.7 Å². The summed E-state index contributed by atoms with van der Waals surface area (Å²) in [5.74, 6) is 1.76. The Balaban J connectivity index is 1.52. The van der Waals surface area contributed by atoms with Crippen molar-refractivity contribution in [2.45, 2.75) is 90.6 Å². The number of carbonyl (C=O) groups is 1. The number of carbonyl (C=O) groups excluding carboxylic acids is 1. The van der Waals surface area contributed by atoms with Gasteiger partial charge in [0.25, 0.3) is 0 Å². The molecule has 0 spiro atoms. The molecule has 1 aliphatic heterocycles. The van der Waals surface area contributed by atoms with Gasteiger partial charge >= 0.3 is 5.97 Å². The van der Waals surface area contributed by atoms with E-state index in [2.05, 4.69) is 26.0 Å². The Morgan fingerprint density at radius 3 is 2.16 bits per heavy atom. The van der Waals surface area contributed by atoms with Crippen LogP contribution in [0, 0.1) is 0 Å². The van der Waals surface area contributed by atoms with Crippen LogP contribution in [0.15, 0.2) is 42.5 Å². The summed E-state index contributed by atoms with van der Waals surface area (Å²) in [7, 11) is 0. The second-order valence-electron chi connectivity index (χ2n) is 8.68. The zero-order valence-corrected chi connectivity index (χ0v) is 19.7. The van der Waals surface area contributed by atoms with Crippen molar-refractivity contribution in [3.8, 4) is 28.4 Å². The van der Waals surface area contributed by atoms with Gasteiger partial charge in [0.15, 0.2) is 17.6 Å². The Kier molecular flexibility index (Phi) is 9.93. The topological polar surface area (TPSA) is 44.8 Å². The van der Waals surface area contributed by atoms with E-state index in [9.17, 15) is 4.79 Å². The highest BCUT2D eigenvalue weighted by molar-refractivity contribution is 5.81. The third kappa shape index (κ3) is 7.29. The van der Waals surface area contributed by atoms with Crippen LogP contribution >= 0.6 is 0 Å². The molecule has 1 atom stereocenters. The van der Waals surface area contributed by atoms with Crippen LogP contribution in [0.5, 0.6) is 17.2 Å². The average molecular weight is 439 g/mol. The van der Waals surface area contributed by atoms with E-state index < -0.39 is 6.10 Å². The van der Waals surface area contributed by atoms with Crippen molar-refractivity contribution >= 4 is 5.97 Å². The Morgan fingerprint density at radius 1 is 0.750 bits per heavy atom. The molecule has 4 heteroatoms. The fourth-order valence-corrected chi connectivity index (χ4v) is 3.99. The summed E-state index contributed by atoms with van der Waals surface area (Å²) >= 11 is 0. The number of benzene rings is 2. The zero-order chi connectivity index (χ0) is 22.6. The van der Waals surface area contributed by atoms with Crippen molar-refractivity contribution in [3.05, 3.63) is 42.5 Å². The Labute approximate surface area is 193 Å². The lowest BCUT2D eigenvalue weighted by Crippen LogP contribution is -2.35. The van der Waals surface area contributed by atoms with E-state index in [-0.39, 0.29) is 5.97 Å². The first-order valence-corrected chi connectivity index (χ1v) is 12.5. The lowest BCUT2D eigenvalue weighted by Gasteiger charge is -2.25. The van der Waals surface area contributed by atoms with Crippen molar-refractivity contribution in [1.29, 1.82) is 0 Å². The monoisotopic (exact) mass is 438 g/mol. The molecule has 0 aromatic heterocycles. The predicted octanol–water partition coefficient (Wildman–Crippen LogP) is 7.73. The number of rotatable bonds is 14. The van der Waals surface area contributed by atoms with E-state index in [1.54, 1.807) is 0 Å². The van der Waals surface area contributed by atoms with Gasteiger partial charge < -0.3 is 14.2 Å². The maximum Gasteiger partial charge on any atom is 0.352 e. The summed E-state index contributed by atoms with van der Waals surface area (Å²) in [6.07, 6.45) is 12.2. The smallest absolute Gasteiger partial charge is 0.352 e. The molecule has 0 N–H and O–H groups in total. The summed E-state index contributed by atoms with van der Waals surface area (Å²) in [4.78, 5) is 12.2. The molecule has 0 bridgehead atoms. The quantitative estimate of drug-likeness (QED) is 0.172. The molecule has 0 aliphatic carbocycles. The van der Waals surface area contributed by atoms with Gasteiger partial charge in [-0.3, -0.25) is 0 Å². The molecular formula is C28H38O4. The first-order chi connectivity index (χ1) is 15.7. The fraction of sp³-hybridized carbons (Fsp3) is 0.536. The lowest BCUT2D eigenvalue weighted by molar-refractivity contribution is -0.145. The summed E-state index contributed by atoms with van der Waals surface area (Å²) in [5.41, 5.74) is 2.12. The Bertz CT molecular complexity index is 828. The van der Waals surface area contributed by atoms with Crippen molar-refractivity contribution in [3.63, 3.8) is 0 Å². The van der Waals surface area contributed by atoms with Crippen molar-refractivity contribution in [2.75, 3.05) is 6.61 Å². The summed E-state index contributed by atoms with van der Waals surface area (Å²) < 4.78 is 17.4. The highest BCUT2D eigenvalue weighted by Crippen LogP contribution is 2.37. The van der Waals surface area contributed by atoms with E-state index in [1.165, 1.54) is 44.9 Å². The van der Waals surface area contributed by atoms with Crippen LogP contribution in [0.1, 0.15) is 84.5 Å². The predicted molar refractivity (Wildman–Crippen MR) is 130 cm³/mol. The largest absolute Gasteiger partial charge is 0.494 e. The van der Waals surface area contributed by atoms with E-state index in [0.29, 0.717) is 17.9 Å². The third-order valence-corrected chi connectivity index (χ3v) is 5.96. The molecule has 32 heavy (non-hydrogen) atoms. The number of unbranched alkanes of at least 4 members (excludes halogenated alkanes) is 8. The molecule has 0 amide bonds. The fourth-order valence-electron chi connectivity index (χ4n) is 3.99. The number of esters is 1. The summed E-state index contributed by atoms with van der Waals surface area (Å²) in [5, 5.41) is 0. The molecule has 1 heterocycles. The molecule has 0 saturated carbocycles. The molecule has 2 aromatic rings. The van der Waals surface area contributed by atoms with E-state index >= 15 is 0 Å². The molecule has 0 fully saturated rings. The lowest BCUT2D eigenvalue weighted by atomic mass is 10.0. The standard InChI is InChI=1S/C28H38O4/c1-3-5-7-9-10-12-20-30-24-17-14-22(15-18-24)23-16-19-25-27(21-23)31-26(28(29)32-25)13-11-8-6-4-2/h14-19,21,26H,3-13,20H2,1-2H3/t26-/m0/s1. The molecule has 3 rings (SSSR count). The molecule has 1 aliphatic rings. The number of fused-ring (bicyclic) bond motifs is 1. The minimum absolute atomic E-state index is 0.284.